The number of benzene rings is 2. The zero-order valence-electron chi connectivity index (χ0n) is 16.2. The van der Waals surface area contributed by atoms with Crippen molar-refractivity contribution in [3.05, 3.63) is 53.6 Å². The van der Waals surface area contributed by atoms with E-state index in [0.29, 0.717) is 12.1 Å². The molecule has 0 aromatic heterocycles. The highest BCUT2D eigenvalue weighted by atomic mass is 32.2. The normalized spacial score (nSPS) is 11.9. The molecule has 0 spiro atoms. The first-order valence-electron chi connectivity index (χ1n) is 8.96. The van der Waals surface area contributed by atoms with Gasteiger partial charge in [-0.25, -0.2) is 4.79 Å². The Morgan fingerprint density at radius 2 is 1.74 bits per heavy atom. The first-order chi connectivity index (χ1) is 12.7. The fourth-order valence-corrected chi connectivity index (χ4v) is 3.65. The lowest BCUT2D eigenvalue weighted by molar-refractivity contribution is -0.118. The summed E-state index contributed by atoms with van der Waals surface area (Å²) in [6.07, 6.45) is 0.523. The highest BCUT2D eigenvalue weighted by Crippen LogP contribution is 2.31. The van der Waals surface area contributed by atoms with Gasteiger partial charge in [-0.05, 0) is 67.6 Å². The molecule has 0 saturated heterocycles. The first kappa shape index (κ1) is 20.8. The number of anilines is 1. The lowest BCUT2D eigenvalue weighted by Crippen LogP contribution is -2.46. The number of amides is 3. The Morgan fingerprint density at radius 1 is 1.07 bits per heavy atom. The predicted octanol–water partition coefficient (Wildman–Crippen LogP) is 4.48. The van der Waals surface area contributed by atoms with E-state index in [-0.39, 0.29) is 11.8 Å². The van der Waals surface area contributed by atoms with Crippen LogP contribution in [0.4, 0.5) is 10.5 Å². The maximum Gasteiger partial charge on any atom is 0.312 e. The third-order valence-electron chi connectivity index (χ3n) is 4.03. The standard InChI is InChI=1S/C21H27N3O2S/c1-13(2)11-18(24-21(22)26)20(25)23-16-7-9-17(10-8-16)27-19-12-14(3)5-6-15(19)4/h5-10,12-13,18H,11H2,1-4H3,(H,23,25)(H3,22,24,26)/t18-/m0/s1. The van der Waals surface area contributed by atoms with Gasteiger partial charge in [0.1, 0.15) is 6.04 Å². The highest BCUT2D eigenvalue weighted by Gasteiger charge is 2.21. The molecular formula is C21H27N3O2S. The molecule has 2 aromatic rings. The molecule has 5 nitrogen and oxygen atoms in total. The van der Waals surface area contributed by atoms with Crippen molar-refractivity contribution < 1.29 is 9.59 Å². The van der Waals surface area contributed by atoms with E-state index in [1.165, 1.54) is 16.0 Å². The Morgan fingerprint density at radius 3 is 2.33 bits per heavy atom. The summed E-state index contributed by atoms with van der Waals surface area (Å²) < 4.78 is 0. The first-order valence-corrected chi connectivity index (χ1v) is 9.78. The summed E-state index contributed by atoms with van der Waals surface area (Å²) in [7, 11) is 0. The van der Waals surface area contributed by atoms with Crippen LogP contribution < -0.4 is 16.4 Å². The van der Waals surface area contributed by atoms with Crippen molar-refractivity contribution in [2.45, 2.75) is 49.9 Å². The van der Waals surface area contributed by atoms with Crippen molar-refractivity contribution in [1.82, 2.24) is 5.32 Å². The molecule has 0 fully saturated rings. The molecule has 4 N–H and O–H groups in total. The fraction of sp³-hybridized carbons (Fsp3) is 0.333. The number of aryl methyl sites for hydroxylation is 2. The summed E-state index contributed by atoms with van der Waals surface area (Å²) in [4.78, 5) is 25.9. The number of rotatable bonds is 7. The molecule has 2 rings (SSSR count). The van der Waals surface area contributed by atoms with Gasteiger partial charge in [-0.2, -0.15) is 0 Å². The largest absolute Gasteiger partial charge is 0.352 e. The van der Waals surface area contributed by atoms with Gasteiger partial charge in [-0.3, -0.25) is 4.79 Å². The van der Waals surface area contributed by atoms with E-state index in [2.05, 4.69) is 42.7 Å². The Kier molecular flexibility index (Phi) is 7.30. The number of primary amides is 1. The van der Waals surface area contributed by atoms with E-state index in [4.69, 9.17) is 5.73 Å². The summed E-state index contributed by atoms with van der Waals surface area (Å²) in [5, 5.41) is 5.36. The number of carbonyl (C=O) groups is 2. The zero-order valence-corrected chi connectivity index (χ0v) is 17.0. The van der Waals surface area contributed by atoms with Gasteiger partial charge in [-0.15, -0.1) is 0 Å². The summed E-state index contributed by atoms with van der Waals surface area (Å²) >= 11 is 1.69. The molecule has 0 aliphatic rings. The van der Waals surface area contributed by atoms with Crippen LogP contribution in [0.1, 0.15) is 31.4 Å². The second kappa shape index (κ2) is 9.46. The number of urea groups is 1. The molecule has 3 amide bonds. The fourth-order valence-electron chi connectivity index (χ4n) is 2.65. The van der Waals surface area contributed by atoms with Crippen molar-refractivity contribution in [1.29, 1.82) is 0 Å². The molecule has 0 aliphatic heterocycles. The predicted molar refractivity (Wildman–Crippen MR) is 111 cm³/mol. The molecule has 144 valence electrons. The number of nitrogens with two attached hydrogens (primary N) is 1. The second-order valence-electron chi connectivity index (χ2n) is 7.08. The zero-order chi connectivity index (χ0) is 20.0. The van der Waals surface area contributed by atoms with E-state index in [1.54, 1.807) is 11.8 Å². The minimum absolute atomic E-state index is 0.254. The van der Waals surface area contributed by atoms with E-state index in [1.807, 2.05) is 38.1 Å². The van der Waals surface area contributed by atoms with Gasteiger partial charge in [0.05, 0.1) is 0 Å². The molecule has 1 atom stereocenters. The molecule has 0 aliphatic carbocycles. The van der Waals surface area contributed by atoms with Crippen molar-refractivity contribution in [2.24, 2.45) is 11.7 Å². The molecule has 0 bridgehead atoms. The number of nitrogens with one attached hydrogen (secondary N) is 2. The van der Waals surface area contributed by atoms with Gasteiger partial charge in [0.25, 0.3) is 0 Å². The molecule has 0 radical (unpaired) electrons. The van der Waals surface area contributed by atoms with Crippen LogP contribution in [0.15, 0.2) is 52.3 Å². The van der Waals surface area contributed by atoms with Crippen molar-refractivity contribution in [3.8, 4) is 0 Å². The summed E-state index contributed by atoms with van der Waals surface area (Å²) in [5.41, 5.74) is 8.33. The number of hydrogen-bond donors (Lipinski definition) is 3. The van der Waals surface area contributed by atoms with Crippen molar-refractivity contribution in [3.63, 3.8) is 0 Å². The summed E-state index contributed by atoms with van der Waals surface area (Å²) in [6, 6.07) is 12.7. The van der Waals surface area contributed by atoms with E-state index in [9.17, 15) is 9.59 Å². The Hall–Kier alpha value is -2.47. The van der Waals surface area contributed by atoms with Crippen molar-refractivity contribution >= 4 is 29.4 Å². The van der Waals surface area contributed by atoms with Gasteiger partial charge in [-0.1, -0.05) is 37.7 Å². The van der Waals surface area contributed by atoms with Crippen LogP contribution in [0.3, 0.4) is 0 Å². The van der Waals surface area contributed by atoms with Crippen LogP contribution in [-0.2, 0) is 4.79 Å². The Balaban J connectivity index is 2.04. The molecular weight excluding hydrogens is 358 g/mol. The van der Waals surface area contributed by atoms with Gasteiger partial charge < -0.3 is 16.4 Å². The average molecular weight is 386 g/mol. The van der Waals surface area contributed by atoms with Crippen LogP contribution in [0.25, 0.3) is 0 Å². The molecule has 0 heterocycles. The SMILES string of the molecule is Cc1ccc(C)c(Sc2ccc(NC(=O)[C@H](CC(C)C)NC(N)=O)cc2)c1. The lowest BCUT2D eigenvalue weighted by Gasteiger charge is -2.19. The third kappa shape index (κ3) is 6.64. The molecule has 0 unspecified atom stereocenters. The minimum Gasteiger partial charge on any atom is -0.352 e. The van der Waals surface area contributed by atoms with Crippen LogP contribution >= 0.6 is 11.8 Å². The maximum atomic E-state index is 12.5. The average Bonchev–Trinajstić information content (AvgIpc) is 2.58. The van der Waals surface area contributed by atoms with Crippen molar-refractivity contribution in [2.75, 3.05) is 5.32 Å². The topological polar surface area (TPSA) is 84.2 Å². The van der Waals surface area contributed by atoms with Crippen LogP contribution in [0.2, 0.25) is 0 Å². The smallest absolute Gasteiger partial charge is 0.312 e. The lowest BCUT2D eigenvalue weighted by atomic mass is 10.0. The van der Waals surface area contributed by atoms with E-state index < -0.39 is 12.1 Å². The Bertz CT molecular complexity index is 804. The monoisotopic (exact) mass is 385 g/mol. The van der Waals surface area contributed by atoms with Gasteiger partial charge in [0.15, 0.2) is 0 Å². The van der Waals surface area contributed by atoms with Gasteiger partial charge >= 0.3 is 6.03 Å². The molecule has 27 heavy (non-hydrogen) atoms. The van der Waals surface area contributed by atoms with Crippen LogP contribution in [0, 0.1) is 19.8 Å². The molecule has 2 aromatic carbocycles. The number of hydrogen-bond acceptors (Lipinski definition) is 3. The quantitative estimate of drug-likeness (QED) is 0.657. The third-order valence-corrected chi connectivity index (χ3v) is 5.20. The highest BCUT2D eigenvalue weighted by molar-refractivity contribution is 7.99. The summed E-state index contributed by atoms with van der Waals surface area (Å²) in [6.45, 7) is 8.15. The Labute approximate surface area is 165 Å². The minimum atomic E-state index is -0.698. The van der Waals surface area contributed by atoms with Gasteiger partial charge in [0, 0.05) is 15.5 Å². The number of carbonyl (C=O) groups excluding carboxylic acids is 2. The summed E-state index contributed by atoms with van der Waals surface area (Å²) in [5.74, 6) is -0.0126. The molecule has 6 heteroatoms. The van der Waals surface area contributed by atoms with Crippen LogP contribution in [0.5, 0.6) is 0 Å². The molecule has 0 saturated carbocycles. The van der Waals surface area contributed by atoms with Crippen LogP contribution in [-0.4, -0.2) is 18.0 Å². The van der Waals surface area contributed by atoms with Gasteiger partial charge in [0.2, 0.25) is 5.91 Å². The van der Waals surface area contributed by atoms with E-state index in [0.717, 1.165) is 4.90 Å². The maximum absolute atomic E-state index is 12.5. The van der Waals surface area contributed by atoms with E-state index >= 15 is 0 Å². The second-order valence-corrected chi connectivity index (χ2v) is 8.19.